The monoisotopic (exact) mass is 270 g/mol. The molecule has 2 N–H and O–H groups in total. The van der Waals surface area contributed by atoms with Gasteiger partial charge < -0.3 is 10.2 Å². The number of phenols is 1. The molecule has 3 nitrogen and oxygen atoms in total. The summed E-state index contributed by atoms with van der Waals surface area (Å²) in [4.78, 5) is 11.0. The molecule has 2 rings (SSSR count). The Morgan fingerprint density at radius 3 is 2.10 bits per heavy atom. The van der Waals surface area contributed by atoms with Gasteiger partial charge >= 0.3 is 5.97 Å². The molecule has 0 atom stereocenters. The van der Waals surface area contributed by atoms with Gasteiger partial charge in [-0.25, -0.2) is 4.79 Å². The van der Waals surface area contributed by atoms with E-state index >= 15 is 0 Å². The molecule has 3 heteroatoms. The Kier molecular flexibility index (Phi) is 3.53. The number of rotatable bonds is 2. The second kappa shape index (κ2) is 5.00. The quantitative estimate of drug-likeness (QED) is 0.865. The summed E-state index contributed by atoms with van der Waals surface area (Å²) in [7, 11) is 0. The van der Waals surface area contributed by atoms with Crippen molar-refractivity contribution >= 4 is 5.97 Å². The summed E-state index contributed by atoms with van der Waals surface area (Å²) >= 11 is 0. The van der Waals surface area contributed by atoms with Crippen molar-refractivity contribution in [2.75, 3.05) is 0 Å². The van der Waals surface area contributed by atoms with Crippen LogP contribution in [0.2, 0.25) is 0 Å². The number of carboxylic acids is 1. The Labute approximate surface area is 118 Å². The topological polar surface area (TPSA) is 57.5 Å². The fraction of sp³-hybridized carbons (Fsp3) is 0.235. The Hall–Kier alpha value is -2.29. The van der Waals surface area contributed by atoms with Gasteiger partial charge in [0.2, 0.25) is 0 Å². The minimum Gasteiger partial charge on any atom is -0.507 e. The molecule has 2 aromatic rings. The Morgan fingerprint density at radius 1 is 1.00 bits per heavy atom. The predicted molar refractivity (Wildman–Crippen MR) is 79.2 cm³/mol. The highest BCUT2D eigenvalue weighted by Crippen LogP contribution is 2.32. The number of phenolic OH excluding ortho intramolecular Hbond substituents is 1. The number of carbonyl (C=O) groups is 1. The first-order valence-corrected chi connectivity index (χ1v) is 6.46. The first-order valence-electron chi connectivity index (χ1n) is 6.46. The van der Waals surface area contributed by atoms with E-state index in [0.717, 1.165) is 5.56 Å². The normalized spacial score (nSPS) is 11.3. The van der Waals surface area contributed by atoms with E-state index < -0.39 is 5.97 Å². The molecular formula is C17H18O3. The molecular weight excluding hydrogens is 252 g/mol. The average Bonchev–Trinajstić information content (AvgIpc) is 2.38. The molecule has 0 bridgehead atoms. The van der Waals surface area contributed by atoms with Gasteiger partial charge in [0.05, 0.1) is 5.56 Å². The van der Waals surface area contributed by atoms with Gasteiger partial charge in [-0.3, -0.25) is 0 Å². The van der Waals surface area contributed by atoms with Crippen LogP contribution in [-0.2, 0) is 5.41 Å². The Morgan fingerprint density at radius 2 is 1.60 bits per heavy atom. The second-order valence-electron chi connectivity index (χ2n) is 5.86. The van der Waals surface area contributed by atoms with E-state index in [2.05, 4.69) is 20.8 Å². The standard InChI is InChI=1S/C17H18O3/c1-17(2,3)13-7-4-11(5-8-13)14-10-12(16(19)20)6-9-15(14)18/h4-10,18H,1-3H3,(H,19,20). The lowest BCUT2D eigenvalue weighted by atomic mass is 9.86. The van der Waals surface area contributed by atoms with Crippen molar-refractivity contribution in [3.8, 4) is 16.9 Å². The molecule has 0 aliphatic rings. The number of carboxylic acid groups (broad SMARTS) is 1. The van der Waals surface area contributed by atoms with Crippen molar-refractivity contribution in [3.63, 3.8) is 0 Å². The summed E-state index contributed by atoms with van der Waals surface area (Å²) in [5, 5.41) is 18.9. The van der Waals surface area contributed by atoms with Crippen LogP contribution >= 0.6 is 0 Å². The molecule has 0 aromatic heterocycles. The molecule has 2 aromatic carbocycles. The largest absolute Gasteiger partial charge is 0.507 e. The lowest BCUT2D eigenvalue weighted by Gasteiger charge is -2.19. The zero-order chi connectivity index (χ0) is 14.9. The molecule has 20 heavy (non-hydrogen) atoms. The number of hydrogen-bond donors (Lipinski definition) is 2. The van der Waals surface area contributed by atoms with Crippen LogP contribution in [0.15, 0.2) is 42.5 Å². The molecule has 0 aliphatic heterocycles. The van der Waals surface area contributed by atoms with Crippen molar-refractivity contribution in [3.05, 3.63) is 53.6 Å². The van der Waals surface area contributed by atoms with Gasteiger partial charge in [-0.1, -0.05) is 45.0 Å². The number of benzene rings is 2. The molecule has 0 radical (unpaired) electrons. The average molecular weight is 270 g/mol. The molecule has 0 saturated heterocycles. The first-order chi connectivity index (χ1) is 9.29. The molecule has 0 aliphatic carbocycles. The maximum atomic E-state index is 11.0. The third kappa shape index (κ3) is 2.82. The first kappa shape index (κ1) is 14.1. The van der Waals surface area contributed by atoms with E-state index in [4.69, 9.17) is 5.11 Å². The van der Waals surface area contributed by atoms with E-state index in [-0.39, 0.29) is 16.7 Å². The summed E-state index contributed by atoms with van der Waals surface area (Å²) in [5.74, 6) is -0.920. The van der Waals surface area contributed by atoms with E-state index in [1.165, 1.54) is 23.8 Å². The van der Waals surface area contributed by atoms with Crippen molar-refractivity contribution < 1.29 is 15.0 Å². The maximum Gasteiger partial charge on any atom is 0.335 e. The maximum absolute atomic E-state index is 11.0. The van der Waals surface area contributed by atoms with Gasteiger partial charge in [-0.2, -0.15) is 0 Å². The smallest absolute Gasteiger partial charge is 0.335 e. The fourth-order valence-electron chi connectivity index (χ4n) is 2.05. The van der Waals surface area contributed by atoms with Crippen molar-refractivity contribution in [1.82, 2.24) is 0 Å². The molecule has 0 spiro atoms. The van der Waals surface area contributed by atoms with Gasteiger partial charge in [-0.05, 0) is 34.7 Å². The van der Waals surface area contributed by atoms with Crippen molar-refractivity contribution in [2.45, 2.75) is 26.2 Å². The van der Waals surface area contributed by atoms with Gasteiger partial charge in [0.25, 0.3) is 0 Å². The highest BCUT2D eigenvalue weighted by Gasteiger charge is 2.14. The van der Waals surface area contributed by atoms with Crippen LogP contribution in [-0.4, -0.2) is 16.2 Å². The third-order valence-electron chi connectivity index (χ3n) is 3.31. The number of aromatic carboxylic acids is 1. The van der Waals surface area contributed by atoms with Crippen LogP contribution < -0.4 is 0 Å². The van der Waals surface area contributed by atoms with Gasteiger partial charge in [0.1, 0.15) is 5.75 Å². The Balaban J connectivity index is 2.46. The van der Waals surface area contributed by atoms with Gasteiger partial charge in [-0.15, -0.1) is 0 Å². The van der Waals surface area contributed by atoms with E-state index in [1.807, 2.05) is 24.3 Å². The van der Waals surface area contributed by atoms with Crippen LogP contribution in [0.25, 0.3) is 11.1 Å². The summed E-state index contributed by atoms with van der Waals surface area (Å²) in [6, 6.07) is 12.1. The number of aromatic hydroxyl groups is 1. The van der Waals surface area contributed by atoms with Crippen LogP contribution in [0.5, 0.6) is 5.75 Å². The minimum absolute atomic E-state index is 0.0590. The highest BCUT2D eigenvalue weighted by molar-refractivity contribution is 5.90. The molecule has 0 saturated carbocycles. The third-order valence-corrected chi connectivity index (χ3v) is 3.31. The van der Waals surface area contributed by atoms with Crippen LogP contribution in [0.1, 0.15) is 36.7 Å². The molecule has 0 heterocycles. The summed E-state index contributed by atoms with van der Waals surface area (Å²) in [6.45, 7) is 6.39. The van der Waals surface area contributed by atoms with Crippen molar-refractivity contribution in [1.29, 1.82) is 0 Å². The van der Waals surface area contributed by atoms with Gasteiger partial charge in [0.15, 0.2) is 0 Å². The van der Waals surface area contributed by atoms with E-state index in [1.54, 1.807) is 0 Å². The summed E-state index contributed by atoms with van der Waals surface area (Å²) in [5.41, 5.74) is 2.75. The van der Waals surface area contributed by atoms with E-state index in [9.17, 15) is 9.90 Å². The summed E-state index contributed by atoms with van der Waals surface area (Å²) in [6.07, 6.45) is 0. The number of hydrogen-bond acceptors (Lipinski definition) is 2. The lowest BCUT2D eigenvalue weighted by Crippen LogP contribution is -2.10. The minimum atomic E-state index is -1.00. The molecule has 0 fully saturated rings. The van der Waals surface area contributed by atoms with Crippen LogP contribution in [0.4, 0.5) is 0 Å². The molecule has 104 valence electrons. The highest BCUT2D eigenvalue weighted by atomic mass is 16.4. The van der Waals surface area contributed by atoms with Crippen LogP contribution in [0, 0.1) is 0 Å². The predicted octanol–water partition coefficient (Wildman–Crippen LogP) is 4.05. The van der Waals surface area contributed by atoms with Crippen LogP contribution in [0.3, 0.4) is 0 Å². The van der Waals surface area contributed by atoms with Gasteiger partial charge in [0, 0.05) is 5.56 Å². The zero-order valence-corrected chi connectivity index (χ0v) is 11.8. The van der Waals surface area contributed by atoms with Crippen molar-refractivity contribution in [2.24, 2.45) is 0 Å². The fourth-order valence-corrected chi connectivity index (χ4v) is 2.05. The summed E-state index contributed by atoms with van der Waals surface area (Å²) < 4.78 is 0. The van der Waals surface area contributed by atoms with E-state index in [0.29, 0.717) is 5.56 Å². The lowest BCUT2D eigenvalue weighted by molar-refractivity contribution is 0.0697. The molecule has 0 amide bonds. The SMILES string of the molecule is CC(C)(C)c1ccc(-c2cc(C(=O)O)ccc2O)cc1. The Bertz CT molecular complexity index is 634. The zero-order valence-electron chi connectivity index (χ0n) is 11.8. The second-order valence-corrected chi connectivity index (χ2v) is 5.86. The molecule has 0 unspecified atom stereocenters.